The Bertz CT molecular complexity index is 570. The summed E-state index contributed by atoms with van der Waals surface area (Å²) >= 11 is 0. The maximum atomic E-state index is 10.7. The lowest BCUT2D eigenvalue weighted by Gasteiger charge is -2.09. The van der Waals surface area contributed by atoms with Crippen LogP contribution in [0.25, 0.3) is 20.9 Å². The molecule has 11 heteroatoms. The lowest BCUT2D eigenvalue weighted by atomic mass is 10.2. The average molecular weight is 256 g/mol. The number of phosphoric acid groups is 1. The average Bonchev–Trinajstić information content (AvgIpc) is 2.21. The normalized spacial score (nSPS) is 10.0. The molecule has 0 heterocycles. The topological polar surface area (TPSA) is 164 Å². The molecule has 88 valence electrons. The van der Waals surface area contributed by atoms with E-state index in [9.17, 15) is 4.57 Å². The third kappa shape index (κ3) is 3.69. The molecule has 0 saturated carbocycles. The second-order valence-electron chi connectivity index (χ2n) is 2.58. The van der Waals surface area contributed by atoms with Crippen LogP contribution in [-0.4, -0.2) is 9.79 Å². The number of benzene rings is 1. The molecule has 0 aliphatic rings. The zero-order chi connectivity index (χ0) is 12.9. The minimum absolute atomic E-state index is 0.101. The molecule has 10 nitrogen and oxygen atoms in total. The Labute approximate surface area is 94.0 Å². The molecule has 1 rings (SSSR count). The highest BCUT2D eigenvalue weighted by Crippen LogP contribution is 2.45. The van der Waals surface area contributed by atoms with Crippen molar-refractivity contribution in [2.45, 2.75) is 0 Å². The van der Waals surface area contributed by atoms with Gasteiger partial charge in [-0.2, -0.15) is 0 Å². The molecule has 0 spiro atoms. The van der Waals surface area contributed by atoms with Crippen molar-refractivity contribution in [3.8, 4) is 5.75 Å². The van der Waals surface area contributed by atoms with Gasteiger partial charge in [0, 0.05) is 9.82 Å². The van der Waals surface area contributed by atoms with Crippen LogP contribution >= 0.6 is 7.82 Å². The van der Waals surface area contributed by atoms with Crippen molar-refractivity contribution in [2.24, 2.45) is 10.2 Å². The van der Waals surface area contributed by atoms with Crippen molar-refractivity contribution >= 4 is 19.2 Å². The predicted octanol–water partition coefficient (Wildman–Crippen LogP) is 3.04. The van der Waals surface area contributed by atoms with Crippen LogP contribution in [0.15, 0.2) is 28.4 Å². The van der Waals surface area contributed by atoms with E-state index in [4.69, 9.17) is 20.8 Å². The molecule has 0 bridgehead atoms. The number of azide groups is 2. The maximum absolute atomic E-state index is 10.7. The summed E-state index contributed by atoms with van der Waals surface area (Å²) in [6, 6.07) is 3.79. The first-order chi connectivity index (χ1) is 7.98. The zero-order valence-corrected chi connectivity index (χ0v) is 8.97. The van der Waals surface area contributed by atoms with Gasteiger partial charge in [0.05, 0.1) is 11.4 Å². The first kappa shape index (κ1) is 12.9. The highest BCUT2D eigenvalue weighted by molar-refractivity contribution is 7.46. The first-order valence-corrected chi connectivity index (χ1v) is 5.49. The van der Waals surface area contributed by atoms with Crippen molar-refractivity contribution in [3.05, 3.63) is 39.1 Å². The van der Waals surface area contributed by atoms with Gasteiger partial charge in [0.1, 0.15) is 5.75 Å². The minimum Gasteiger partial charge on any atom is -0.404 e. The second-order valence-corrected chi connectivity index (χ2v) is 3.75. The molecule has 1 aromatic carbocycles. The fourth-order valence-electron chi connectivity index (χ4n) is 0.987. The Morgan fingerprint density at radius 3 is 2.41 bits per heavy atom. The van der Waals surface area contributed by atoms with Gasteiger partial charge in [0.25, 0.3) is 0 Å². The summed E-state index contributed by atoms with van der Waals surface area (Å²) in [4.78, 5) is 22.2. The van der Waals surface area contributed by atoms with Gasteiger partial charge < -0.3 is 4.52 Å². The molecular formula is C6H5N6O4P. The van der Waals surface area contributed by atoms with E-state index in [-0.39, 0.29) is 17.1 Å². The lowest BCUT2D eigenvalue weighted by Crippen LogP contribution is -1.90. The quantitative estimate of drug-likeness (QED) is 0.366. The summed E-state index contributed by atoms with van der Waals surface area (Å²) in [6.45, 7) is 0. The van der Waals surface area contributed by atoms with Gasteiger partial charge in [-0.25, -0.2) is 4.57 Å². The number of rotatable bonds is 4. The van der Waals surface area contributed by atoms with Crippen molar-refractivity contribution in [1.29, 1.82) is 0 Å². The van der Waals surface area contributed by atoms with Gasteiger partial charge in [-0.15, -0.1) is 0 Å². The van der Waals surface area contributed by atoms with E-state index >= 15 is 0 Å². The van der Waals surface area contributed by atoms with E-state index in [1.54, 1.807) is 0 Å². The summed E-state index contributed by atoms with van der Waals surface area (Å²) in [5.41, 5.74) is 16.2. The van der Waals surface area contributed by atoms with E-state index in [1.807, 2.05) is 0 Å². The molecule has 0 fully saturated rings. The van der Waals surface area contributed by atoms with Gasteiger partial charge in [-0.1, -0.05) is 22.4 Å². The maximum Gasteiger partial charge on any atom is 0.524 e. The van der Waals surface area contributed by atoms with E-state index in [2.05, 4.69) is 24.6 Å². The highest BCUT2D eigenvalue weighted by Gasteiger charge is 2.19. The summed E-state index contributed by atoms with van der Waals surface area (Å²) in [5.74, 6) is -0.374. The van der Waals surface area contributed by atoms with Crippen molar-refractivity contribution in [3.63, 3.8) is 0 Å². The SMILES string of the molecule is [N-]=[N+]=Nc1cccc(OP(=O)(O)O)c1N=[N+]=[N-]. The molecule has 1 aromatic rings. The lowest BCUT2D eigenvalue weighted by molar-refractivity contribution is 0.283. The predicted molar refractivity (Wildman–Crippen MR) is 56.7 cm³/mol. The highest BCUT2D eigenvalue weighted by atomic mass is 31.2. The molecule has 0 aromatic heterocycles. The van der Waals surface area contributed by atoms with Gasteiger partial charge >= 0.3 is 7.82 Å². The van der Waals surface area contributed by atoms with E-state index < -0.39 is 7.82 Å². The molecule has 0 amide bonds. The smallest absolute Gasteiger partial charge is 0.404 e. The van der Waals surface area contributed by atoms with Crippen LogP contribution in [0.4, 0.5) is 11.4 Å². The number of hydrogen-bond donors (Lipinski definition) is 2. The third-order valence-electron chi connectivity index (χ3n) is 1.49. The molecule has 0 atom stereocenters. The molecule has 0 unspecified atom stereocenters. The van der Waals surface area contributed by atoms with Crippen LogP contribution < -0.4 is 4.52 Å². The van der Waals surface area contributed by atoms with Gasteiger partial charge in [-0.3, -0.25) is 9.79 Å². The largest absolute Gasteiger partial charge is 0.524 e. The number of hydrogen-bond acceptors (Lipinski definition) is 4. The number of phosphoric ester groups is 1. The van der Waals surface area contributed by atoms with Crippen LogP contribution in [0, 0.1) is 0 Å². The summed E-state index contributed by atoms with van der Waals surface area (Å²) < 4.78 is 15.0. The van der Waals surface area contributed by atoms with Crippen LogP contribution in [0.1, 0.15) is 0 Å². The number of nitrogens with zero attached hydrogens (tertiary/aromatic N) is 6. The Hall–Kier alpha value is -2.21. The van der Waals surface area contributed by atoms with Gasteiger partial charge in [0.2, 0.25) is 0 Å². The molecule has 0 aliphatic heterocycles. The Morgan fingerprint density at radius 2 is 1.88 bits per heavy atom. The van der Waals surface area contributed by atoms with Crippen LogP contribution in [0.3, 0.4) is 0 Å². The van der Waals surface area contributed by atoms with Crippen molar-refractivity contribution in [2.75, 3.05) is 0 Å². The summed E-state index contributed by atoms with van der Waals surface area (Å²) in [5, 5.41) is 6.36. The standard InChI is InChI=1S/C6H5N6O4P/c7-11-9-4-2-1-3-5(6(4)10-12-8)16-17(13,14)15/h1-3H,(H2,13,14,15). The molecular weight excluding hydrogens is 251 g/mol. The van der Waals surface area contributed by atoms with E-state index in [1.165, 1.54) is 18.2 Å². The Balaban J connectivity index is 3.39. The van der Waals surface area contributed by atoms with E-state index in [0.717, 1.165) is 0 Å². The van der Waals surface area contributed by atoms with E-state index in [0.29, 0.717) is 0 Å². The van der Waals surface area contributed by atoms with Crippen LogP contribution in [0.5, 0.6) is 5.75 Å². The van der Waals surface area contributed by atoms with Crippen molar-refractivity contribution in [1.82, 2.24) is 0 Å². The second kappa shape index (κ2) is 5.22. The van der Waals surface area contributed by atoms with Crippen LogP contribution in [0.2, 0.25) is 0 Å². The fraction of sp³-hybridized carbons (Fsp3) is 0. The third-order valence-corrected chi connectivity index (χ3v) is 1.93. The first-order valence-electron chi connectivity index (χ1n) is 3.96. The molecule has 17 heavy (non-hydrogen) atoms. The van der Waals surface area contributed by atoms with Gasteiger partial charge in [-0.05, 0) is 17.1 Å². The molecule has 0 aliphatic carbocycles. The fourth-order valence-corrected chi connectivity index (χ4v) is 1.39. The zero-order valence-electron chi connectivity index (χ0n) is 8.07. The van der Waals surface area contributed by atoms with Crippen molar-refractivity contribution < 1.29 is 18.9 Å². The Kier molecular flexibility index (Phi) is 3.95. The molecule has 2 N–H and O–H groups in total. The molecule has 0 saturated heterocycles. The molecule has 0 radical (unpaired) electrons. The van der Waals surface area contributed by atoms with Crippen LogP contribution in [-0.2, 0) is 4.57 Å². The van der Waals surface area contributed by atoms with Gasteiger partial charge in [0.15, 0.2) is 0 Å². The monoisotopic (exact) mass is 256 g/mol. The summed E-state index contributed by atoms with van der Waals surface area (Å²) in [7, 11) is -4.80. The minimum atomic E-state index is -4.80. The summed E-state index contributed by atoms with van der Waals surface area (Å²) in [6.07, 6.45) is 0. The Morgan fingerprint density at radius 1 is 1.24 bits per heavy atom.